The highest BCUT2D eigenvalue weighted by molar-refractivity contribution is 7.13. The van der Waals surface area contributed by atoms with E-state index in [0.717, 1.165) is 56.6 Å². The van der Waals surface area contributed by atoms with E-state index in [1.165, 1.54) is 59.1 Å². The van der Waals surface area contributed by atoms with Gasteiger partial charge < -0.3 is 0 Å². The van der Waals surface area contributed by atoms with Crippen LogP contribution in [0, 0.1) is 23.3 Å². The fourth-order valence-electron chi connectivity index (χ4n) is 7.86. The Morgan fingerprint density at radius 3 is 1.09 bits per heavy atom. The number of hydrogen-bond donors (Lipinski definition) is 0. The maximum Gasteiger partial charge on any atom is 0.197 e. The molecule has 0 amide bonds. The molecule has 0 radical (unpaired) electrons. The van der Waals surface area contributed by atoms with Crippen LogP contribution >= 0.6 is 22.7 Å². The topological polar surface area (TPSA) is 94.1 Å². The summed E-state index contributed by atoms with van der Waals surface area (Å²) in [7, 11) is 0. The number of Topliss-reactive ketones (excluding diaryl/α,β-unsaturated/α-hetero) is 4. The summed E-state index contributed by atoms with van der Waals surface area (Å²) in [6.07, 6.45) is 7.15. The van der Waals surface area contributed by atoms with Crippen molar-refractivity contribution in [1.82, 2.24) is 9.97 Å². The highest BCUT2D eigenvalue weighted by atomic mass is 32.1. The summed E-state index contributed by atoms with van der Waals surface area (Å²) in [6, 6.07) is 9.65. The summed E-state index contributed by atoms with van der Waals surface area (Å²) in [4.78, 5) is 65.3. The Morgan fingerprint density at radius 2 is 0.796 bits per heavy atom. The van der Waals surface area contributed by atoms with Crippen molar-refractivity contribution in [1.29, 1.82) is 0 Å². The van der Waals surface area contributed by atoms with Gasteiger partial charge in [-0.3, -0.25) is 19.2 Å². The number of fused-ring (bicyclic) bond motifs is 9. The van der Waals surface area contributed by atoms with Crippen molar-refractivity contribution in [3.8, 4) is 0 Å². The number of allylic oxidation sites excluding steroid dienone is 6. The molecule has 0 saturated heterocycles. The van der Waals surface area contributed by atoms with Gasteiger partial charge in [-0.2, -0.15) is 0 Å². The van der Waals surface area contributed by atoms with Gasteiger partial charge in [0.25, 0.3) is 0 Å². The summed E-state index contributed by atoms with van der Waals surface area (Å²) >= 11 is 2.73. The third-order valence-electron chi connectivity index (χ3n) is 10.5. The number of nitrogens with zero attached hydrogens (tertiary/aromatic N) is 2. The van der Waals surface area contributed by atoms with Gasteiger partial charge in [-0.15, -0.1) is 22.7 Å². The number of hydrogen-bond acceptors (Lipinski definition) is 8. The van der Waals surface area contributed by atoms with Gasteiger partial charge in [0.1, 0.15) is 10.0 Å². The molecule has 6 aromatic rings. The maximum absolute atomic E-state index is 13.9. The molecule has 4 aliphatic carbocycles. The second kappa shape index (κ2) is 11.3. The van der Waals surface area contributed by atoms with Gasteiger partial charge in [0.2, 0.25) is 0 Å². The molecule has 2 heterocycles. The lowest BCUT2D eigenvalue weighted by Gasteiger charge is -2.30. The number of thiazole rings is 2. The zero-order valence-electron chi connectivity index (χ0n) is 27.9. The van der Waals surface area contributed by atoms with Crippen LogP contribution in [0.1, 0.15) is 98.3 Å². The van der Waals surface area contributed by atoms with Gasteiger partial charge >= 0.3 is 0 Å². The molecule has 4 aromatic carbocycles. The third kappa shape index (κ3) is 4.62. The molecule has 54 heavy (non-hydrogen) atoms. The van der Waals surface area contributed by atoms with Gasteiger partial charge in [-0.05, 0) is 107 Å². The number of carbonyl (C=O) groups excluding carboxylic acids is 4. The second-order valence-corrected chi connectivity index (χ2v) is 15.9. The SMILES string of the molecule is CC1=CC2c3sc(C=C4C(=O)c5cc6cc(F)c(F)cc6cc5C4=O)nc3C(C)=CC2c2sc(C=C3C(=O)c4cc5cc(F)c(F)cc5cc4C3=O)nc21. The highest BCUT2D eigenvalue weighted by Crippen LogP contribution is 2.53. The first kappa shape index (κ1) is 32.7. The van der Waals surface area contributed by atoms with Crippen LogP contribution < -0.4 is 0 Å². The average Bonchev–Trinajstić information content (AvgIpc) is 3.87. The zero-order valence-corrected chi connectivity index (χ0v) is 29.6. The molecule has 2 unspecified atom stereocenters. The number of halogens is 4. The summed E-state index contributed by atoms with van der Waals surface area (Å²) in [6.45, 7) is 3.86. The van der Waals surface area contributed by atoms with E-state index in [0.29, 0.717) is 31.6 Å². The first-order valence-corrected chi connectivity index (χ1v) is 18.3. The molecule has 262 valence electrons. The van der Waals surface area contributed by atoms with Crippen LogP contribution in [0.3, 0.4) is 0 Å². The summed E-state index contributed by atoms with van der Waals surface area (Å²) < 4.78 is 55.7. The van der Waals surface area contributed by atoms with Crippen LogP contribution in [-0.4, -0.2) is 33.1 Å². The fourth-order valence-corrected chi connectivity index (χ4v) is 10.2. The van der Waals surface area contributed by atoms with E-state index in [1.807, 2.05) is 13.8 Å². The molecule has 0 aliphatic heterocycles. The van der Waals surface area contributed by atoms with Gasteiger partial charge in [-0.1, -0.05) is 12.2 Å². The van der Waals surface area contributed by atoms with Crippen LogP contribution in [0.5, 0.6) is 0 Å². The third-order valence-corrected chi connectivity index (χ3v) is 12.7. The predicted octanol–water partition coefficient (Wildman–Crippen LogP) is 10.1. The standard InChI is InChI=1S/C42H20F4N2O4S2/c1-15-3-25-26(41-35(15)47-33(53-41)13-27-37(49)21-5-17-9-29(43)30(44)10-18(17)6-22(21)38(27)50)4-16(2)36-42(25)54-34(48-36)14-28-39(51)23-7-19-11-31(45)32(46)12-20(19)8-24(23)40(28)52/h3-14,25-26H,1-2H3. The van der Waals surface area contributed by atoms with E-state index >= 15 is 0 Å². The molecule has 2 aromatic heterocycles. The lowest BCUT2D eigenvalue weighted by atomic mass is 9.77. The summed E-state index contributed by atoms with van der Waals surface area (Å²) in [5, 5.41) is 2.16. The molecular weight excluding hydrogens is 737 g/mol. The molecule has 0 N–H and O–H groups in total. The Hall–Kier alpha value is -5.98. The Kier molecular flexibility index (Phi) is 6.81. The van der Waals surface area contributed by atoms with Gasteiger partial charge in [0.15, 0.2) is 46.4 Å². The van der Waals surface area contributed by atoms with Crippen LogP contribution in [0.15, 0.2) is 71.8 Å². The minimum Gasteiger partial charge on any atom is -0.288 e. The number of ketones is 4. The molecule has 0 saturated carbocycles. The van der Waals surface area contributed by atoms with Crippen molar-refractivity contribution < 1.29 is 36.7 Å². The Bertz CT molecular complexity index is 2670. The first-order chi connectivity index (χ1) is 25.8. The van der Waals surface area contributed by atoms with Crippen molar-refractivity contribution in [2.24, 2.45) is 0 Å². The zero-order chi connectivity index (χ0) is 37.5. The molecular formula is C42H20F4N2O4S2. The van der Waals surface area contributed by atoms with E-state index in [9.17, 15) is 36.7 Å². The smallest absolute Gasteiger partial charge is 0.197 e. The molecule has 2 atom stereocenters. The summed E-state index contributed by atoms with van der Waals surface area (Å²) in [5.41, 5.74) is 3.61. The molecule has 0 spiro atoms. The number of carbonyl (C=O) groups is 4. The normalized spacial score (nSPS) is 18.5. The van der Waals surface area contributed by atoms with E-state index < -0.39 is 46.4 Å². The number of aromatic nitrogens is 2. The van der Waals surface area contributed by atoms with Crippen molar-refractivity contribution in [3.05, 3.63) is 149 Å². The summed E-state index contributed by atoms with van der Waals surface area (Å²) in [5.74, 6) is -6.52. The predicted molar refractivity (Wildman–Crippen MR) is 198 cm³/mol. The van der Waals surface area contributed by atoms with Crippen LogP contribution in [0.2, 0.25) is 0 Å². The Balaban J connectivity index is 0.977. The number of rotatable bonds is 2. The highest BCUT2D eigenvalue weighted by Gasteiger charge is 2.39. The lowest BCUT2D eigenvalue weighted by molar-refractivity contribution is 0.0975. The minimum atomic E-state index is -1.05. The fraction of sp³-hybridized carbons (Fsp3) is 0.0952. The lowest BCUT2D eigenvalue weighted by Crippen LogP contribution is -2.16. The van der Waals surface area contributed by atoms with Gasteiger partial charge in [-0.25, -0.2) is 27.5 Å². The van der Waals surface area contributed by atoms with Crippen molar-refractivity contribution in [2.45, 2.75) is 25.7 Å². The molecule has 0 fully saturated rings. The van der Waals surface area contributed by atoms with Crippen molar-refractivity contribution >= 4 is 90.6 Å². The molecule has 6 nitrogen and oxygen atoms in total. The van der Waals surface area contributed by atoms with Crippen LogP contribution in [-0.2, 0) is 0 Å². The largest absolute Gasteiger partial charge is 0.288 e. The number of benzene rings is 4. The molecule has 10 rings (SSSR count). The van der Waals surface area contributed by atoms with Gasteiger partial charge in [0, 0.05) is 43.8 Å². The van der Waals surface area contributed by atoms with Gasteiger partial charge in [0.05, 0.1) is 22.5 Å². The van der Waals surface area contributed by atoms with E-state index in [1.54, 1.807) is 0 Å². The molecule has 4 aliphatic rings. The molecule has 12 heteroatoms. The van der Waals surface area contributed by atoms with E-state index in [2.05, 4.69) is 12.2 Å². The van der Waals surface area contributed by atoms with Crippen molar-refractivity contribution in [3.63, 3.8) is 0 Å². The maximum atomic E-state index is 13.9. The van der Waals surface area contributed by atoms with Crippen molar-refractivity contribution in [2.75, 3.05) is 0 Å². The monoisotopic (exact) mass is 756 g/mol. The second-order valence-electron chi connectivity index (χ2n) is 13.7. The van der Waals surface area contributed by atoms with E-state index in [-0.39, 0.29) is 45.2 Å². The van der Waals surface area contributed by atoms with Crippen LogP contribution in [0.4, 0.5) is 17.6 Å². The Labute approximate surface area is 310 Å². The average molecular weight is 757 g/mol. The van der Waals surface area contributed by atoms with Crippen LogP contribution in [0.25, 0.3) is 44.8 Å². The van der Waals surface area contributed by atoms with E-state index in [4.69, 9.17) is 9.97 Å². The Morgan fingerprint density at radius 1 is 0.500 bits per heavy atom. The molecule has 0 bridgehead atoms. The minimum absolute atomic E-state index is 0.0751. The first-order valence-electron chi connectivity index (χ1n) is 16.7. The quantitative estimate of drug-likeness (QED) is 0.0992.